The van der Waals surface area contributed by atoms with Gasteiger partial charge in [0.1, 0.15) is 6.17 Å². The van der Waals surface area contributed by atoms with Gasteiger partial charge in [-0.05, 0) is 65.1 Å². The summed E-state index contributed by atoms with van der Waals surface area (Å²) in [5.74, 6) is -0.676. The molecule has 0 saturated heterocycles. The van der Waals surface area contributed by atoms with Crippen molar-refractivity contribution in [1.29, 1.82) is 0 Å². The summed E-state index contributed by atoms with van der Waals surface area (Å²) >= 11 is 25.2. The molecule has 0 bridgehead atoms. The molecule has 1 amide bonds. The molecule has 0 fully saturated rings. The van der Waals surface area contributed by atoms with Crippen molar-refractivity contribution in [2.75, 3.05) is 5.32 Å². The number of hydrogen-bond acceptors (Lipinski definition) is 4. The number of nitrogens with zero attached hydrogens (tertiary/aromatic N) is 1. The average molecular weight is 574 g/mol. The van der Waals surface area contributed by atoms with Crippen LogP contribution in [0.25, 0.3) is 0 Å². The van der Waals surface area contributed by atoms with Crippen LogP contribution in [0.5, 0.6) is 0 Å². The summed E-state index contributed by atoms with van der Waals surface area (Å²) in [5, 5.41) is 19.1. The highest BCUT2D eigenvalue weighted by Crippen LogP contribution is 2.29. The van der Waals surface area contributed by atoms with Gasteiger partial charge in [0.15, 0.2) is 5.11 Å². The summed E-state index contributed by atoms with van der Waals surface area (Å²) < 4.78 is -0.904. The number of benzene rings is 2. The number of halogens is 4. The van der Waals surface area contributed by atoms with Gasteiger partial charge in [0, 0.05) is 27.0 Å². The van der Waals surface area contributed by atoms with Crippen LogP contribution in [0.1, 0.15) is 10.4 Å². The average Bonchev–Trinajstić information content (AvgIpc) is 2.62. The number of alkyl halides is 3. The first-order valence-corrected chi connectivity index (χ1v) is 10.1. The maximum absolute atomic E-state index is 12.4. The minimum Gasteiger partial charge on any atom is -0.339 e. The number of carbonyl (C=O) groups is 1. The summed E-state index contributed by atoms with van der Waals surface area (Å²) in [6, 6.07) is 12.5. The third-order valence-electron chi connectivity index (χ3n) is 3.30. The largest absolute Gasteiger partial charge is 0.339 e. The summed E-state index contributed by atoms with van der Waals surface area (Å²) in [7, 11) is 0. The second kappa shape index (κ2) is 9.88. The highest BCUT2D eigenvalue weighted by molar-refractivity contribution is 14.1. The van der Waals surface area contributed by atoms with Gasteiger partial charge in [0.2, 0.25) is 3.79 Å². The number of thiocarbonyl (C=S) groups is 1. The van der Waals surface area contributed by atoms with Gasteiger partial charge in [-0.2, -0.15) is 0 Å². The monoisotopic (exact) mass is 572 g/mol. The molecule has 0 saturated carbocycles. The molecule has 0 aliphatic rings. The Morgan fingerprint density at radius 2 is 1.79 bits per heavy atom. The molecule has 3 N–H and O–H groups in total. The number of nitro groups is 1. The molecule has 148 valence electrons. The molecule has 7 nitrogen and oxygen atoms in total. The van der Waals surface area contributed by atoms with Crippen LogP contribution in [-0.4, -0.2) is 25.9 Å². The van der Waals surface area contributed by atoms with Crippen LogP contribution in [0.4, 0.5) is 11.4 Å². The first kappa shape index (κ1) is 22.9. The molecule has 2 aromatic carbocycles. The standard InChI is InChI=1S/C16H12Cl3IN4O3S/c17-16(18,19)14(23-15(28)21-11-6-4-10(20)5-7-11)22-13(25)9-2-1-3-12(8-9)24(26)27/h1-8,14H,(H,22,25)(H2,21,23,28)/t14-/m1/s1. The van der Waals surface area contributed by atoms with E-state index in [1.54, 1.807) is 0 Å². The van der Waals surface area contributed by atoms with Crippen molar-refractivity contribution in [3.63, 3.8) is 0 Å². The second-order valence-corrected chi connectivity index (χ2v) is 9.38. The fourth-order valence-electron chi connectivity index (χ4n) is 2.01. The zero-order valence-electron chi connectivity index (χ0n) is 13.8. The van der Waals surface area contributed by atoms with E-state index >= 15 is 0 Å². The van der Waals surface area contributed by atoms with Crippen LogP contribution in [-0.2, 0) is 0 Å². The molecule has 0 radical (unpaired) electrons. The van der Waals surface area contributed by atoms with E-state index in [1.165, 1.54) is 18.2 Å². The lowest BCUT2D eigenvalue weighted by atomic mass is 10.2. The summed E-state index contributed by atoms with van der Waals surface area (Å²) in [6.45, 7) is 0. The predicted molar refractivity (Wildman–Crippen MR) is 123 cm³/mol. The van der Waals surface area contributed by atoms with E-state index in [4.69, 9.17) is 47.0 Å². The molecule has 2 aromatic rings. The van der Waals surface area contributed by atoms with Crippen molar-refractivity contribution in [3.8, 4) is 0 Å². The van der Waals surface area contributed by atoms with Gasteiger partial charge in [-0.1, -0.05) is 40.9 Å². The molecular formula is C16H12Cl3IN4O3S. The highest BCUT2D eigenvalue weighted by Gasteiger charge is 2.35. The number of hydrogen-bond donors (Lipinski definition) is 3. The minimum atomic E-state index is -1.95. The van der Waals surface area contributed by atoms with Gasteiger partial charge in [-0.15, -0.1) is 0 Å². The zero-order valence-corrected chi connectivity index (χ0v) is 19.0. The van der Waals surface area contributed by atoms with Crippen LogP contribution < -0.4 is 16.0 Å². The predicted octanol–water partition coefficient (Wildman–Crippen LogP) is 4.61. The Morgan fingerprint density at radius 3 is 2.36 bits per heavy atom. The molecule has 0 aromatic heterocycles. The molecule has 0 spiro atoms. The number of rotatable bonds is 5. The van der Waals surface area contributed by atoms with E-state index in [2.05, 4.69) is 38.5 Å². The quantitative estimate of drug-likeness (QED) is 0.121. The van der Waals surface area contributed by atoms with Gasteiger partial charge in [0.05, 0.1) is 4.92 Å². The molecule has 0 aliphatic heterocycles. The van der Waals surface area contributed by atoms with E-state index in [0.29, 0.717) is 5.69 Å². The smallest absolute Gasteiger partial charge is 0.270 e. The number of nitrogens with one attached hydrogen (secondary N) is 3. The third-order valence-corrected chi connectivity index (χ3v) is 4.89. The van der Waals surface area contributed by atoms with Crippen LogP contribution in [0.15, 0.2) is 48.5 Å². The number of carbonyl (C=O) groups excluding carboxylic acids is 1. The summed E-state index contributed by atoms with van der Waals surface area (Å²) in [5.41, 5.74) is 0.500. The maximum atomic E-state index is 12.4. The number of non-ortho nitro benzene ring substituents is 1. The fourth-order valence-corrected chi connectivity index (χ4v) is 2.93. The Morgan fingerprint density at radius 1 is 1.14 bits per heavy atom. The number of anilines is 1. The van der Waals surface area contributed by atoms with Gasteiger partial charge in [-0.3, -0.25) is 14.9 Å². The summed E-state index contributed by atoms with van der Waals surface area (Å²) in [4.78, 5) is 22.7. The Balaban J connectivity index is 2.10. The van der Waals surface area contributed by atoms with Crippen LogP contribution in [0.2, 0.25) is 0 Å². The van der Waals surface area contributed by atoms with Crippen LogP contribution in [0, 0.1) is 13.7 Å². The van der Waals surface area contributed by atoms with Gasteiger partial charge >= 0.3 is 0 Å². The Bertz CT molecular complexity index is 893. The van der Waals surface area contributed by atoms with E-state index in [1.807, 2.05) is 24.3 Å². The Kier molecular flexibility index (Phi) is 8.07. The van der Waals surface area contributed by atoms with Crippen LogP contribution >= 0.6 is 69.6 Å². The maximum Gasteiger partial charge on any atom is 0.270 e. The van der Waals surface area contributed by atoms with Crippen molar-refractivity contribution in [1.82, 2.24) is 10.6 Å². The van der Waals surface area contributed by atoms with Gasteiger partial charge < -0.3 is 16.0 Å². The molecule has 0 heterocycles. The van der Waals surface area contributed by atoms with Crippen molar-refractivity contribution in [2.24, 2.45) is 0 Å². The summed E-state index contributed by atoms with van der Waals surface area (Å²) in [6.07, 6.45) is -1.20. The first-order chi connectivity index (χ1) is 13.1. The molecule has 0 aliphatic carbocycles. The van der Waals surface area contributed by atoms with E-state index in [-0.39, 0.29) is 16.4 Å². The van der Waals surface area contributed by atoms with Gasteiger partial charge in [0.25, 0.3) is 11.6 Å². The molecule has 1 atom stereocenters. The molecule has 2 rings (SSSR count). The topological polar surface area (TPSA) is 96.3 Å². The molecule has 0 unspecified atom stereocenters. The Labute approximate surface area is 194 Å². The SMILES string of the molecule is O=C(N[C@H](NC(=S)Nc1ccc(I)cc1)C(Cl)(Cl)Cl)c1cccc([N+](=O)[O-])c1. The lowest BCUT2D eigenvalue weighted by molar-refractivity contribution is -0.384. The zero-order chi connectivity index (χ0) is 20.9. The third kappa shape index (κ3) is 6.89. The van der Waals surface area contributed by atoms with E-state index in [0.717, 1.165) is 9.64 Å². The van der Waals surface area contributed by atoms with Crippen molar-refractivity contribution >= 4 is 92.0 Å². The number of amides is 1. The lowest BCUT2D eigenvalue weighted by Crippen LogP contribution is -2.56. The highest BCUT2D eigenvalue weighted by atomic mass is 127. The minimum absolute atomic E-state index is 0.0340. The second-order valence-electron chi connectivity index (χ2n) is 5.36. The van der Waals surface area contributed by atoms with Gasteiger partial charge in [-0.25, -0.2) is 0 Å². The Hall–Kier alpha value is -1.40. The molecular weight excluding hydrogens is 562 g/mol. The first-order valence-electron chi connectivity index (χ1n) is 7.51. The van der Waals surface area contributed by atoms with Crippen molar-refractivity contribution < 1.29 is 9.72 Å². The molecule has 12 heteroatoms. The number of nitro benzene ring substituents is 1. The van der Waals surface area contributed by atoms with E-state index < -0.39 is 20.8 Å². The normalized spacial score (nSPS) is 12.0. The van der Waals surface area contributed by atoms with E-state index in [9.17, 15) is 14.9 Å². The lowest BCUT2D eigenvalue weighted by Gasteiger charge is -2.27. The fraction of sp³-hybridized carbons (Fsp3) is 0.125. The molecule has 28 heavy (non-hydrogen) atoms. The van der Waals surface area contributed by atoms with Crippen LogP contribution in [0.3, 0.4) is 0 Å². The van der Waals surface area contributed by atoms with Crippen molar-refractivity contribution in [3.05, 3.63) is 67.8 Å². The van der Waals surface area contributed by atoms with Crippen molar-refractivity contribution in [2.45, 2.75) is 9.96 Å².